The second-order valence-electron chi connectivity index (χ2n) is 6.15. The van der Waals surface area contributed by atoms with Gasteiger partial charge >= 0.3 is 11.7 Å². The number of thioether (sulfide) groups is 1. The van der Waals surface area contributed by atoms with Crippen LogP contribution in [0.4, 0.5) is 0 Å². The molecule has 1 aliphatic rings. The Balaban J connectivity index is 1.89. The molecular weight excluding hydrogens is 342 g/mol. The van der Waals surface area contributed by atoms with Crippen LogP contribution in [-0.2, 0) is 22.7 Å². The lowest BCUT2D eigenvalue weighted by Crippen LogP contribution is -2.57. The molecule has 0 radical (unpaired) electrons. The van der Waals surface area contributed by atoms with E-state index in [1.807, 2.05) is 25.1 Å². The Labute approximate surface area is 149 Å². The molecule has 0 unspecified atom stereocenters. The third-order valence-corrected chi connectivity index (χ3v) is 5.66. The summed E-state index contributed by atoms with van der Waals surface area (Å²) in [5, 5.41) is 12.3. The van der Waals surface area contributed by atoms with Gasteiger partial charge in [-0.15, -0.1) is 0 Å². The van der Waals surface area contributed by atoms with Crippen LogP contribution in [0, 0.1) is 0 Å². The van der Waals surface area contributed by atoms with Gasteiger partial charge in [-0.05, 0) is 43.4 Å². The van der Waals surface area contributed by atoms with Crippen LogP contribution < -0.4 is 11.0 Å². The highest BCUT2D eigenvalue weighted by molar-refractivity contribution is 7.99. The number of aliphatic carboxylic acids is 1. The van der Waals surface area contributed by atoms with Crippen molar-refractivity contribution in [3.8, 4) is 0 Å². The zero-order valence-electron chi connectivity index (χ0n) is 14.0. The lowest BCUT2D eigenvalue weighted by Gasteiger charge is -2.33. The number of carbonyl (C=O) groups excluding carboxylic acids is 1. The van der Waals surface area contributed by atoms with Crippen LogP contribution >= 0.6 is 11.8 Å². The summed E-state index contributed by atoms with van der Waals surface area (Å²) >= 11 is 1.68. The van der Waals surface area contributed by atoms with Gasteiger partial charge in [-0.25, -0.2) is 9.59 Å². The van der Waals surface area contributed by atoms with E-state index in [4.69, 9.17) is 0 Å². The number of carbonyl (C=O) groups is 2. The van der Waals surface area contributed by atoms with Crippen molar-refractivity contribution in [3.63, 3.8) is 0 Å². The van der Waals surface area contributed by atoms with Gasteiger partial charge in [0.15, 0.2) is 0 Å². The summed E-state index contributed by atoms with van der Waals surface area (Å²) < 4.78 is 3.01. The van der Waals surface area contributed by atoms with Gasteiger partial charge in [-0.1, -0.05) is 12.1 Å². The summed E-state index contributed by atoms with van der Waals surface area (Å²) in [6, 6.07) is 7.29. The molecule has 1 saturated heterocycles. The van der Waals surface area contributed by atoms with E-state index >= 15 is 0 Å². The van der Waals surface area contributed by atoms with E-state index in [2.05, 4.69) is 5.32 Å². The molecule has 0 aliphatic carbocycles. The smallest absolute Gasteiger partial charge is 0.329 e. The quantitative estimate of drug-likeness (QED) is 0.835. The molecule has 1 aromatic heterocycles. The van der Waals surface area contributed by atoms with E-state index in [-0.39, 0.29) is 12.2 Å². The van der Waals surface area contributed by atoms with E-state index in [0.29, 0.717) is 36.4 Å². The minimum absolute atomic E-state index is 0.186. The first-order chi connectivity index (χ1) is 12.0. The molecule has 1 amide bonds. The van der Waals surface area contributed by atoms with Gasteiger partial charge < -0.3 is 10.4 Å². The van der Waals surface area contributed by atoms with Gasteiger partial charge in [0.1, 0.15) is 12.1 Å². The fraction of sp³-hybridized carbons (Fsp3) is 0.471. The third kappa shape index (κ3) is 3.18. The fourth-order valence-electron chi connectivity index (χ4n) is 3.29. The predicted molar refractivity (Wildman–Crippen MR) is 96.9 cm³/mol. The number of imidazole rings is 1. The molecule has 1 aliphatic heterocycles. The molecule has 0 saturated carbocycles. The van der Waals surface area contributed by atoms with E-state index in [1.165, 1.54) is 4.57 Å². The van der Waals surface area contributed by atoms with Crippen LogP contribution in [0.1, 0.15) is 19.8 Å². The second-order valence-corrected chi connectivity index (χ2v) is 7.37. The first kappa shape index (κ1) is 17.6. The van der Waals surface area contributed by atoms with Gasteiger partial charge in [-0.2, -0.15) is 11.8 Å². The highest BCUT2D eigenvalue weighted by Crippen LogP contribution is 2.27. The fourth-order valence-corrected chi connectivity index (χ4v) is 4.48. The topological polar surface area (TPSA) is 93.3 Å². The minimum atomic E-state index is -1.23. The SMILES string of the molecule is CCn1c(=O)n(CC(=O)NC2(C(=O)O)CCSCC2)c2ccccc21. The molecule has 0 atom stereocenters. The molecule has 2 aromatic rings. The van der Waals surface area contributed by atoms with Crippen LogP contribution in [0.5, 0.6) is 0 Å². The third-order valence-electron chi connectivity index (χ3n) is 4.68. The zero-order chi connectivity index (χ0) is 18.0. The molecule has 0 spiro atoms. The van der Waals surface area contributed by atoms with Crippen molar-refractivity contribution in [2.24, 2.45) is 0 Å². The van der Waals surface area contributed by atoms with Crippen LogP contribution in [0.15, 0.2) is 29.1 Å². The summed E-state index contributed by atoms with van der Waals surface area (Å²) in [6.45, 7) is 2.19. The lowest BCUT2D eigenvalue weighted by molar-refractivity contribution is -0.148. The first-order valence-electron chi connectivity index (χ1n) is 8.29. The summed E-state index contributed by atoms with van der Waals surface area (Å²) in [6.07, 6.45) is 0.786. The number of hydrogen-bond donors (Lipinski definition) is 2. The van der Waals surface area contributed by atoms with E-state index in [1.54, 1.807) is 22.4 Å². The largest absolute Gasteiger partial charge is 0.480 e. The van der Waals surface area contributed by atoms with Crippen molar-refractivity contribution in [1.29, 1.82) is 0 Å². The maximum atomic E-state index is 12.6. The monoisotopic (exact) mass is 363 g/mol. The first-order valence-corrected chi connectivity index (χ1v) is 9.44. The average Bonchev–Trinajstić information content (AvgIpc) is 2.87. The second kappa shape index (κ2) is 6.95. The summed E-state index contributed by atoms with van der Waals surface area (Å²) in [5.41, 5.74) is -0.0463. The molecule has 8 heteroatoms. The van der Waals surface area contributed by atoms with Crippen molar-refractivity contribution in [1.82, 2.24) is 14.5 Å². The number of hydrogen-bond acceptors (Lipinski definition) is 4. The van der Waals surface area contributed by atoms with E-state index in [9.17, 15) is 19.5 Å². The molecule has 7 nitrogen and oxygen atoms in total. The normalized spacial score (nSPS) is 16.7. The number of benzene rings is 1. The van der Waals surface area contributed by atoms with Crippen LogP contribution in [-0.4, -0.2) is 43.2 Å². The number of nitrogens with one attached hydrogen (secondary N) is 1. The number of nitrogens with zero attached hydrogens (tertiary/aromatic N) is 2. The number of para-hydroxylation sites is 2. The number of carboxylic acid groups (broad SMARTS) is 1. The van der Waals surface area contributed by atoms with Crippen molar-refractivity contribution < 1.29 is 14.7 Å². The summed E-state index contributed by atoms with van der Waals surface area (Å²) in [4.78, 5) is 36.8. The Bertz CT molecular complexity index is 864. The summed E-state index contributed by atoms with van der Waals surface area (Å²) in [7, 11) is 0. The highest BCUT2D eigenvalue weighted by atomic mass is 32.2. The molecule has 2 heterocycles. The standard InChI is InChI=1S/C17H21N3O4S/c1-2-19-12-5-3-4-6-13(12)20(16(19)24)11-14(21)18-17(15(22)23)7-9-25-10-8-17/h3-6H,2,7-11H2,1H3,(H,18,21)(H,22,23). The number of rotatable bonds is 5. The van der Waals surface area contributed by atoms with E-state index in [0.717, 1.165) is 5.52 Å². The lowest BCUT2D eigenvalue weighted by atomic mass is 9.92. The number of aromatic nitrogens is 2. The number of fused-ring (bicyclic) bond motifs is 1. The Kier molecular flexibility index (Phi) is 4.89. The van der Waals surface area contributed by atoms with Crippen molar-refractivity contribution in [3.05, 3.63) is 34.7 Å². The number of amides is 1. The zero-order valence-corrected chi connectivity index (χ0v) is 14.8. The van der Waals surface area contributed by atoms with Crippen molar-refractivity contribution >= 4 is 34.7 Å². The minimum Gasteiger partial charge on any atom is -0.480 e. The molecule has 2 N–H and O–H groups in total. The molecule has 3 rings (SSSR count). The maximum absolute atomic E-state index is 12.6. The van der Waals surface area contributed by atoms with Crippen LogP contribution in [0.25, 0.3) is 11.0 Å². The molecule has 1 fully saturated rings. The van der Waals surface area contributed by atoms with E-state index < -0.39 is 17.4 Å². The molecule has 0 bridgehead atoms. The highest BCUT2D eigenvalue weighted by Gasteiger charge is 2.41. The van der Waals surface area contributed by atoms with Gasteiger partial charge in [0, 0.05) is 6.54 Å². The number of aryl methyl sites for hydroxylation is 1. The van der Waals surface area contributed by atoms with Gasteiger partial charge in [0.05, 0.1) is 11.0 Å². The number of carboxylic acids is 1. The van der Waals surface area contributed by atoms with Crippen LogP contribution in [0.3, 0.4) is 0 Å². The van der Waals surface area contributed by atoms with Crippen LogP contribution in [0.2, 0.25) is 0 Å². The Morgan fingerprint density at radius 3 is 2.36 bits per heavy atom. The molecule has 1 aromatic carbocycles. The van der Waals surface area contributed by atoms with Gasteiger partial charge in [0.25, 0.3) is 0 Å². The Morgan fingerprint density at radius 2 is 1.80 bits per heavy atom. The molecular formula is C17H21N3O4S. The molecule has 134 valence electrons. The summed E-state index contributed by atoms with van der Waals surface area (Å²) in [5.74, 6) is -0.0662. The predicted octanol–water partition coefficient (Wildman–Crippen LogP) is 1.29. The average molecular weight is 363 g/mol. The van der Waals surface area contributed by atoms with Crippen molar-refractivity contribution in [2.45, 2.75) is 38.4 Å². The molecule has 25 heavy (non-hydrogen) atoms. The maximum Gasteiger partial charge on any atom is 0.329 e. The van der Waals surface area contributed by atoms with Crippen molar-refractivity contribution in [2.75, 3.05) is 11.5 Å². The Hall–Kier alpha value is -2.22. The van der Waals surface area contributed by atoms with Gasteiger partial charge in [0.2, 0.25) is 5.91 Å². The van der Waals surface area contributed by atoms with Gasteiger partial charge in [-0.3, -0.25) is 13.9 Å². The Morgan fingerprint density at radius 1 is 1.20 bits per heavy atom.